The molecule has 0 saturated carbocycles. The van der Waals surface area contributed by atoms with Crippen LogP contribution in [-0.2, 0) is 19.9 Å². The zero-order valence-electron chi connectivity index (χ0n) is 15.9. The predicted molar refractivity (Wildman–Crippen MR) is 103 cm³/mol. The highest BCUT2D eigenvalue weighted by molar-refractivity contribution is 5.98. The van der Waals surface area contributed by atoms with Crippen molar-refractivity contribution in [1.29, 1.82) is 0 Å². The van der Waals surface area contributed by atoms with Crippen LogP contribution in [0.3, 0.4) is 0 Å². The lowest BCUT2D eigenvalue weighted by atomic mass is 10.1. The third-order valence-corrected chi connectivity index (χ3v) is 5.20. The molecule has 6 heteroatoms. The van der Waals surface area contributed by atoms with Gasteiger partial charge in [0.15, 0.2) is 0 Å². The number of aryl methyl sites for hydroxylation is 3. The van der Waals surface area contributed by atoms with E-state index in [0.717, 1.165) is 46.4 Å². The van der Waals surface area contributed by atoms with Gasteiger partial charge in [-0.3, -0.25) is 4.40 Å². The first kappa shape index (κ1) is 16.6. The van der Waals surface area contributed by atoms with Crippen LogP contribution in [0, 0.1) is 6.92 Å². The van der Waals surface area contributed by atoms with E-state index in [1.54, 1.807) is 7.11 Å². The van der Waals surface area contributed by atoms with Gasteiger partial charge >= 0.3 is 0 Å². The quantitative estimate of drug-likeness (QED) is 0.563. The number of benzene rings is 1. The van der Waals surface area contributed by atoms with Crippen molar-refractivity contribution in [2.75, 3.05) is 7.11 Å². The Balaban J connectivity index is 2.02. The highest BCUT2D eigenvalue weighted by Gasteiger charge is 2.19. The van der Waals surface area contributed by atoms with E-state index >= 15 is 0 Å². The van der Waals surface area contributed by atoms with E-state index in [2.05, 4.69) is 65.3 Å². The van der Waals surface area contributed by atoms with Crippen LogP contribution in [0.15, 0.2) is 24.4 Å². The van der Waals surface area contributed by atoms with Gasteiger partial charge in [0.05, 0.1) is 18.5 Å². The fourth-order valence-electron chi connectivity index (χ4n) is 3.71. The number of hydrogen-bond donors (Lipinski definition) is 0. The molecule has 0 amide bonds. The maximum atomic E-state index is 5.43. The number of fused-ring (bicyclic) bond motifs is 2. The summed E-state index contributed by atoms with van der Waals surface area (Å²) >= 11 is 0. The van der Waals surface area contributed by atoms with Crippen LogP contribution in [0.2, 0.25) is 0 Å². The Kier molecular flexibility index (Phi) is 3.90. The Morgan fingerprint density at radius 2 is 1.92 bits per heavy atom. The standard InChI is InChI=1S/C20H23N5O/c1-6-15-17(7-2)25-11-16(21-20(25)23-22-15)19-12(3)24(4)18-9-8-13(26-5)10-14(18)19/h8-11H,6-7H2,1-5H3. The van der Waals surface area contributed by atoms with Crippen molar-refractivity contribution >= 4 is 16.7 Å². The lowest BCUT2D eigenvalue weighted by Crippen LogP contribution is -2.05. The molecule has 6 nitrogen and oxygen atoms in total. The molecule has 0 saturated heterocycles. The molecular formula is C20H23N5O. The molecule has 0 atom stereocenters. The first-order valence-electron chi connectivity index (χ1n) is 8.95. The van der Waals surface area contributed by atoms with Crippen molar-refractivity contribution in [3.8, 4) is 17.0 Å². The average Bonchev–Trinajstić information content (AvgIpc) is 3.19. The monoisotopic (exact) mass is 349 g/mol. The molecule has 26 heavy (non-hydrogen) atoms. The van der Waals surface area contributed by atoms with Crippen LogP contribution in [0.4, 0.5) is 0 Å². The summed E-state index contributed by atoms with van der Waals surface area (Å²) < 4.78 is 9.71. The minimum absolute atomic E-state index is 0.647. The molecule has 0 aliphatic carbocycles. The number of imidazole rings is 1. The number of hydrogen-bond acceptors (Lipinski definition) is 4. The molecule has 0 fully saturated rings. The van der Waals surface area contributed by atoms with Gasteiger partial charge < -0.3 is 9.30 Å². The summed E-state index contributed by atoms with van der Waals surface area (Å²) in [4.78, 5) is 4.78. The molecule has 3 heterocycles. The van der Waals surface area contributed by atoms with Crippen LogP contribution >= 0.6 is 0 Å². The van der Waals surface area contributed by atoms with Crippen LogP contribution in [-0.4, -0.2) is 31.3 Å². The van der Waals surface area contributed by atoms with E-state index in [0.29, 0.717) is 5.78 Å². The average molecular weight is 349 g/mol. The summed E-state index contributed by atoms with van der Waals surface area (Å²) in [5.74, 6) is 1.49. The number of rotatable bonds is 4. The maximum Gasteiger partial charge on any atom is 0.254 e. The summed E-state index contributed by atoms with van der Waals surface area (Å²) in [6, 6.07) is 6.15. The minimum atomic E-state index is 0.647. The van der Waals surface area contributed by atoms with Crippen molar-refractivity contribution in [3.05, 3.63) is 41.5 Å². The van der Waals surface area contributed by atoms with Gasteiger partial charge in [-0.05, 0) is 38.0 Å². The Labute approximate surface area is 152 Å². The molecule has 0 aliphatic rings. The highest BCUT2D eigenvalue weighted by atomic mass is 16.5. The van der Waals surface area contributed by atoms with Gasteiger partial charge in [-0.2, -0.15) is 5.10 Å². The van der Waals surface area contributed by atoms with E-state index in [-0.39, 0.29) is 0 Å². The molecule has 0 bridgehead atoms. The number of aromatic nitrogens is 5. The second kappa shape index (κ2) is 6.12. The maximum absolute atomic E-state index is 5.43. The molecule has 0 aliphatic heterocycles. The number of ether oxygens (including phenoxy) is 1. The van der Waals surface area contributed by atoms with Gasteiger partial charge in [-0.15, -0.1) is 5.10 Å². The van der Waals surface area contributed by atoms with Crippen LogP contribution in [0.25, 0.3) is 27.9 Å². The molecule has 4 rings (SSSR count). The number of methoxy groups -OCH3 is 1. The van der Waals surface area contributed by atoms with Crippen LogP contribution in [0.5, 0.6) is 5.75 Å². The van der Waals surface area contributed by atoms with Crippen molar-refractivity contribution in [2.45, 2.75) is 33.6 Å². The van der Waals surface area contributed by atoms with Crippen molar-refractivity contribution in [2.24, 2.45) is 7.05 Å². The van der Waals surface area contributed by atoms with Gasteiger partial charge in [0, 0.05) is 41.1 Å². The minimum Gasteiger partial charge on any atom is -0.497 e. The van der Waals surface area contributed by atoms with E-state index in [9.17, 15) is 0 Å². The van der Waals surface area contributed by atoms with Gasteiger partial charge in [0.1, 0.15) is 5.75 Å². The third kappa shape index (κ3) is 2.29. The van der Waals surface area contributed by atoms with Crippen LogP contribution in [0.1, 0.15) is 30.9 Å². The van der Waals surface area contributed by atoms with E-state index in [1.807, 2.05) is 6.07 Å². The SMILES string of the molecule is CCc1nnc2nc(-c3c(C)n(C)c4ccc(OC)cc34)cn2c1CC. The Bertz CT molecular complexity index is 1120. The molecule has 0 unspecified atom stereocenters. The van der Waals surface area contributed by atoms with Gasteiger partial charge in [0.25, 0.3) is 5.78 Å². The third-order valence-electron chi connectivity index (χ3n) is 5.20. The summed E-state index contributed by atoms with van der Waals surface area (Å²) in [5.41, 5.74) is 6.56. The molecule has 134 valence electrons. The van der Waals surface area contributed by atoms with Crippen LogP contribution < -0.4 is 4.74 Å². The fraction of sp³-hybridized carbons (Fsp3) is 0.350. The molecule has 0 N–H and O–H groups in total. The molecule has 1 aromatic carbocycles. The Morgan fingerprint density at radius 3 is 2.62 bits per heavy atom. The van der Waals surface area contributed by atoms with Crippen molar-refractivity contribution in [1.82, 2.24) is 24.1 Å². The first-order valence-corrected chi connectivity index (χ1v) is 8.95. The Morgan fingerprint density at radius 1 is 1.12 bits per heavy atom. The lowest BCUT2D eigenvalue weighted by molar-refractivity contribution is 0.415. The number of nitrogens with zero attached hydrogens (tertiary/aromatic N) is 5. The van der Waals surface area contributed by atoms with Gasteiger partial charge in [-0.1, -0.05) is 13.8 Å². The summed E-state index contributed by atoms with van der Waals surface area (Å²) in [6.07, 6.45) is 3.85. The largest absolute Gasteiger partial charge is 0.497 e. The van der Waals surface area contributed by atoms with Crippen molar-refractivity contribution in [3.63, 3.8) is 0 Å². The molecule has 3 aromatic heterocycles. The normalized spacial score (nSPS) is 11.6. The molecular weight excluding hydrogens is 326 g/mol. The second-order valence-corrected chi connectivity index (χ2v) is 6.50. The fourth-order valence-corrected chi connectivity index (χ4v) is 3.71. The van der Waals surface area contributed by atoms with Crippen molar-refractivity contribution < 1.29 is 4.74 Å². The first-order chi connectivity index (χ1) is 12.6. The predicted octanol–water partition coefficient (Wildman–Crippen LogP) is 3.72. The summed E-state index contributed by atoms with van der Waals surface area (Å²) in [7, 11) is 3.77. The Hall–Kier alpha value is -2.89. The molecule has 0 radical (unpaired) electrons. The highest BCUT2D eigenvalue weighted by Crippen LogP contribution is 2.35. The second-order valence-electron chi connectivity index (χ2n) is 6.50. The van der Waals surface area contributed by atoms with E-state index in [1.165, 1.54) is 11.4 Å². The van der Waals surface area contributed by atoms with E-state index < -0.39 is 0 Å². The molecule has 4 aromatic rings. The zero-order valence-corrected chi connectivity index (χ0v) is 15.9. The zero-order chi connectivity index (χ0) is 18.4. The topological polar surface area (TPSA) is 57.2 Å². The summed E-state index contributed by atoms with van der Waals surface area (Å²) in [5, 5.41) is 9.82. The smallest absolute Gasteiger partial charge is 0.254 e. The molecule has 0 spiro atoms. The van der Waals surface area contributed by atoms with Gasteiger partial charge in [-0.25, -0.2) is 4.98 Å². The van der Waals surface area contributed by atoms with Gasteiger partial charge in [0.2, 0.25) is 0 Å². The lowest BCUT2D eigenvalue weighted by Gasteiger charge is -2.05. The summed E-state index contributed by atoms with van der Waals surface area (Å²) in [6.45, 7) is 6.37. The van der Waals surface area contributed by atoms with E-state index in [4.69, 9.17) is 9.72 Å².